The molecule has 0 aromatic heterocycles. The van der Waals surface area contributed by atoms with Crippen LogP contribution in [0.1, 0.15) is 41.5 Å². The van der Waals surface area contributed by atoms with E-state index in [9.17, 15) is 0 Å². The number of hydrogen-bond donors (Lipinski definition) is 0. The summed E-state index contributed by atoms with van der Waals surface area (Å²) in [6, 6.07) is 0. The number of hydrogen-bond acceptors (Lipinski definition) is 0. The zero-order valence-corrected chi connectivity index (χ0v) is 12.3. The van der Waals surface area contributed by atoms with Crippen LogP contribution in [0.25, 0.3) is 0 Å². The topological polar surface area (TPSA) is 0 Å². The maximum absolute atomic E-state index is 2.29. The van der Waals surface area contributed by atoms with E-state index >= 15 is 0 Å². The minimum Gasteiger partial charge on any atom is -1.00 e. The van der Waals surface area contributed by atoms with E-state index in [0.29, 0.717) is 0 Å². The Balaban J connectivity index is -0.000000405. The van der Waals surface area contributed by atoms with Gasteiger partial charge in [-0.05, 0) is 0 Å². The Morgan fingerprint density at radius 3 is 0.833 bits per heavy atom. The molecular formula is C10H21BrMg. The van der Waals surface area contributed by atoms with Crippen molar-refractivity contribution in [1.82, 2.24) is 0 Å². The van der Waals surface area contributed by atoms with Crippen molar-refractivity contribution in [3.05, 3.63) is 5.92 Å². The summed E-state index contributed by atoms with van der Waals surface area (Å²) >= 11 is 0. The van der Waals surface area contributed by atoms with E-state index in [1.807, 2.05) is 0 Å². The van der Waals surface area contributed by atoms with E-state index in [4.69, 9.17) is 0 Å². The van der Waals surface area contributed by atoms with Gasteiger partial charge in [0.2, 0.25) is 0 Å². The van der Waals surface area contributed by atoms with Gasteiger partial charge in [0.05, 0.1) is 0 Å². The Bertz CT molecular complexity index is 70.8. The van der Waals surface area contributed by atoms with E-state index in [0.717, 1.165) is 17.8 Å². The molecule has 0 spiro atoms. The third kappa shape index (κ3) is 6.73. The first kappa shape index (κ1) is 18.9. The Morgan fingerprint density at radius 1 is 0.667 bits per heavy atom. The molecule has 2 heteroatoms. The second-order valence-corrected chi connectivity index (χ2v) is 3.96. The van der Waals surface area contributed by atoms with Crippen molar-refractivity contribution in [2.45, 2.75) is 41.5 Å². The van der Waals surface area contributed by atoms with Gasteiger partial charge in [-0.2, -0.15) is 17.8 Å². The molecule has 0 unspecified atom stereocenters. The van der Waals surface area contributed by atoms with Crippen molar-refractivity contribution in [1.29, 1.82) is 0 Å². The molecule has 0 fully saturated rings. The van der Waals surface area contributed by atoms with E-state index in [1.54, 1.807) is 5.92 Å². The Kier molecular flexibility index (Phi) is 13.9. The maximum Gasteiger partial charge on any atom is 2.00 e. The molecule has 0 aromatic carbocycles. The molecule has 0 radical (unpaired) electrons. The molecule has 0 atom stereocenters. The Morgan fingerprint density at radius 2 is 0.833 bits per heavy atom. The van der Waals surface area contributed by atoms with Gasteiger partial charge in [0.15, 0.2) is 0 Å². The van der Waals surface area contributed by atoms with Crippen LogP contribution in [-0.4, -0.2) is 23.1 Å². The predicted molar refractivity (Wildman–Crippen MR) is 53.5 cm³/mol. The molecule has 70 valence electrons. The smallest absolute Gasteiger partial charge is 1.00 e. The Hall–Kier alpha value is 1.25. The molecule has 0 aromatic rings. The molecule has 0 amide bonds. The summed E-state index contributed by atoms with van der Waals surface area (Å²) in [7, 11) is 0. The quantitative estimate of drug-likeness (QED) is 0.491. The van der Waals surface area contributed by atoms with Crippen molar-refractivity contribution in [2.75, 3.05) is 0 Å². The molecule has 12 heavy (non-hydrogen) atoms. The number of halogens is 1. The maximum atomic E-state index is 2.29. The fourth-order valence-electron chi connectivity index (χ4n) is 2.00. The molecule has 0 saturated carbocycles. The van der Waals surface area contributed by atoms with Crippen molar-refractivity contribution in [3.8, 4) is 0 Å². The van der Waals surface area contributed by atoms with Gasteiger partial charge >= 0.3 is 23.1 Å². The summed E-state index contributed by atoms with van der Waals surface area (Å²) in [4.78, 5) is 0. The molecular weight excluding hydrogens is 224 g/mol. The van der Waals surface area contributed by atoms with Gasteiger partial charge < -0.3 is 22.9 Å². The molecule has 0 N–H and O–H groups in total. The third-order valence-electron chi connectivity index (χ3n) is 2.00. The molecule has 0 bridgehead atoms. The SMILES string of the molecule is CC(C)[C-](C(C)C)C(C)C.[Br-].[Mg+2]. The normalized spacial score (nSPS) is 10.5. The van der Waals surface area contributed by atoms with Crippen LogP contribution < -0.4 is 17.0 Å². The van der Waals surface area contributed by atoms with E-state index in [1.165, 1.54) is 0 Å². The van der Waals surface area contributed by atoms with Gasteiger partial charge in [0, 0.05) is 0 Å². The largest absolute Gasteiger partial charge is 2.00 e. The minimum absolute atomic E-state index is 0. The number of rotatable bonds is 3. The monoisotopic (exact) mass is 244 g/mol. The van der Waals surface area contributed by atoms with Gasteiger partial charge in [-0.25, -0.2) is 0 Å². The van der Waals surface area contributed by atoms with E-state index in [2.05, 4.69) is 41.5 Å². The summed E-state index contributed by atoms with van der Waals surface area (Å²) in [6.07, 6.45) is 0. The van der Waals surface area contributed by atoms with Gasteiger partial charge in [0.25, 0.3) is 0 Å². The second-order valence-electron chi connectivity index (χ2n) is 3.96. The first-order valence-electron chi connectivity index (χ1n) is 4.33. The van der Waals surface area contributed by atoms with Crippen LogP contribution in [0, 0.1) is 23.7 Å². The van der Waals surface area contributed by atoms with Crippen LogP contribution in [0.2, 0.25) is 0 Å². The summed E-state index contributed by atoms with van der Waals surface area (Å²) in [5, 5.41) is 0. The average molecular weight is 245 g/mol. The van der Waals surface area contributed by atoms with Gasteiger partial charge in [-0.1, -0.05) is 41.5 Å². The van der Waals surface area contributed by atoms with E-state index < -0.39 is 0 Å². The average Bonchev–Trinajstić information content (AvgIpc) is 1.59. The molecule has 0 nitrogen and oxygen atoms in total. The van der Waals surface area contributed by atoms with Crippen LogP contribution in [-0.2, 0) is 0 Å². The van der Waals surface area contributed by atoms with E-state index in [-0.39, 0.29) is 40.0 Å². The Labute approximate surface area is 105 Å². The summed E-state index contributed by atoms with van der Waals surface area (Å²) in [5.41, 5.74) is 0. The van der Waals surface area contributed by atoms with Crippen LogP contribution in [0.3, 0.4) is 0 Å². The fourth-order valence-corrected chi connectivity index (χ4v) is 2.00. The third-order valence-corrected chi connectivity index (χ3v) is 2.00. The molecule has 0 rings (SSSR count). The summed E-state index contributed by atoms with van der Waals surface area (Å²) < 4.78 is 0. The van der Waals surface area contributed by atoms with Crippen molar-refractivity contribution >= 4 is 23.1 Å². The van der Waals surface area contributed by atoms with Gasteiger partial charge in [0.1, 0.15) is 0 Å². The summed E-state index contributed by atoms with van der Waals surface area (Å²) in [5.74, 6) is 3.94. The van der Waals surface area contributed by atoms with Crippen LogP contribution in [0.15, 0.2) is 0 Å². The predicted octanol–water partition coefficient (Wildman–Crippen LogP) is 0.152. The zero-order chi connectivity index (χ0) is 8.31. The first-order valence-corrected chi connectivity index (χ1v) is 4.33. The zero-order valence-electron chi connectivity index (χ0n) is 9.32. The van der Waals surface area contributed by atoms with Crippen molar-refractivity contribution in [2.24, 2.45) is 17.8 Å². The fraction of sp³-hybridized carbons (Fsp3) is 0.900. The summed E-state index contributed by atoms with van der Waals surface area (Å²) in [6.45, 7) is 13.7. The molecule has 0 saturated heterocycles. The van der Waals surface area contributed by atoms with Crippen molar-refractivity contribution in [3.63, 3.8) is 0 Å². The molecule has 0 aliphatic heterocycles. The molecule has 0 aliphatic rings. The van der Waals surface area contributed by atoms with Crippen LogP contribution >= 0.6 is 0 Å². The molecule has 0 heterocycles. The molecule has 0 aliphatic carbocycles. The minimum atomic E-state index is 0. The van der Waals surface area contributed by atoms with Gasteiger partial charge in [-0.3, -0.25) is 0 Å². The first-order chi connectivity index (χ1) is 4.46. The van der Waals surface area contributed by atoms with Crippen molar-refractivity contribution < 1.29 is 17.0 Å². The second kappa shape index (κ2) is 8.83. The van der Waals surface area contributed by atoms with Gasteiger partial charge in [-0.15, -0.1) is 0 Å². The standard InChI is InChI=1S/C10H21.BrH.Mg/c1-7(2)10(8(3)4)9(5)6;;/h7-9H,1-6H3;1H;/q-1;;+2/p-1. The van der Waals surface area contributed by atoms with Crippen LogP contribution in [0.4, 0.5) is 0 Å². The van der Waals surface area contributed by atoms with Crippen LogP contribution in [0.5, 0.6) is 0 Å².